The summed E-state index contributed by atoms with van der Waals surface area (Å²) >= 11 is 12.2. The molecular weight excluding hydrogens is 366 g/mol. The molecule has 0 aliphatic carbocycles. The fourth-order valence-corrected chi connectivity index (χ4v) is 3.05. The van der Waals surface area contributed by atoms with Gasteiger partial charge in [0.1, 0.15) is 11.6 Å². The normalized spacial score (nSPS) is 10.9. The van der Waals surface area contributed by atoms with Gasteiger partial charge in [0, 0.05) is 15.6 Å². The van der Waals surface area contributed by atoms with E-state index in [1.165, 1.54) is 16.7 Å². The summed E-state index contributed by atoms with van der Waals surface area (Å²) in [5.41, 5.74) is 1.49. The van der Waals surface area contributed by atoms with Gasteiger partial charge in [-0.05, 0) is 42.8 Å². The van der Waals surface area contributed by atoms with Gasteiger partial charge in [-0.25, -0.2) is 14.2 Å². The Bertz CT molecular complexity index is 970. The molecule has 0 radical (unpaired) electrons. The minimum Gasteiger partial charge on any atom is -0.477 e. The second kappa shape index (κ2) is 6.86. The smallest absolute Gasteiger partial charge is 0.354 e. The molecule has 0 bridgehead atoms. The van der Waals surface area contributed by atoms with Crippen molar-refractivity contribution in [3.05, 3.63) is 75.3 Å². The highest BCUT2D eigenvalue weighted by molar-refractivity contribution is 6.33. The van der Waals surface area contributed by atoms with Crippen molar-refractivity contribution in [3.63, 3.8) is 0 Å². The van der Waals surface area contributed by atoms with Gasteiger partial charge in [0.25, 0.3) is 0 Å². The lowest BCUT2D eigenvalue weighted by Crippen LogP contribution is -2.12. The van der Waals surface area contributed by atoms with Crippen LogP contribution >= 0.6 is 23.2 Å². The maximum Gasteiger partial charge on any atom is 0.354 e. The third-order valence-corrected chi connectivity index (χ3v) is 4.37. The predicted octanol–water partition coefficient (Wildman–Crippen LogP) is 5.05. The first kappa shape index (κ1) is 17.5. The van der Waals surface area contributed by atoms with E-state index in [4.69, 9.17) is 23.2 Å². The fourth-order valence-electron chi connectivity index (χ4n) is 2.68. The van der Waals surface area contributed by atoms with Gasteiger partial charge in [-0.2, -0.15) is 0 Å². The Kier molecular flexibility index (Phi) is 4.79. The third-order valence-electron chi connectivity index (χ3n) is 3.76. The minimum atomic E-state index is -1.12. The zero-order chi connectivity index (χ0) is 18.1. The highest BCUT2D eigenvalue weighted by Crippen LogP contribution is 2.27. The molecule has 3 aromatic rings. The van der Waals surface area contributed by atoms with E-state index < -0.39 is 11.8 Å². The molecule has 0 aliphatic rings. The summed E-state index contributed by atoms with van der Waals surface area (Å²) in [5, 5.41) is 10.5. The molecule has 2 aromatic carbocycles. The molecule has 1 heterocycles. The van der Waals surface area contributed by atoms with Crippen LogP contribution in [0.3, 0.4) is 0 Å². The maximum absolute atomic E-state index is 13.6. The lowest BCUT2D eigenvalue weighted by atomic mass is 10.2. The van der Waals surface area contributed by atoms with Crippen molar-refractivity contribution >= 4 is 29.2 Å². The molecule has 1 N–H and O–H groups in total. The predicted molar refractivity (Wildman–Crippen MR) is 94.9 cm³/mol. The Morgan fingerprint density at radius 2 is 2.00 bits per heavy atom. The highest BCUT2D eigenvalue weighted by Gasteiger charge is 2.22. The number of aryl methyl sites for hydroxylation is 1. The van der Waals surface area contributed by atoms with Gasteiger partial charge in [0.15, 0.2) is 5.69 Å². The summed E-state index contributed by atoms with van der Waals surface area (Å²) in [4.78, 5) is 16.0. The number of carbonyl (C=O) groups is 1. The number of carboxylic acid groups (broad SMARTS) is 1. The Morgan fingerprint density at radius 1 is 1.24 bits per heavy atom. The van der Waals surface area contributed by atoms with E-state index in [-0.39, 0.29) is 12.2 Å². The summed E-state index contributed by atoms with van der Waals surface area (Å²) < 4.78 is 15.1. The zero-order valence-electron chi connectivity index (χ0n) is 13.1. The van der Waals surface area contributed by atoms with Crippen LogP contribution in [0, 0.1) is 12.7 Å². The Balaban J connectivity index is 2.19. The molecule has 0 unspecified atom stereocenters. The van der Waals surface area contributed by atoms with Crippen LogP contribution < -0.4 is 0 Å². The minimum absolute atomic E-state index is 0.0234. The van der Waals surface area contributed by atoms with Crippen LogP contribution in [-0.2, 0) is 6.54 Å². The van der Waals surface area contributed by atoms with Crippen molar-refractivity contribution in [2.45, 2.75) is 13.5 Å². The highest BCUT2D eigenvalue weighted by atomic mass is 35.5. The number of aromatic carboxylic acids is 1. The number of imidazole rings is 1. The Hall–Kier alpha value is -2.37. The van der Waals surface area contributed by atoms with Crippen molar-refractivity contribution in [2.75, 3.05) is 0 Å². The van der Waals surface area contributed by atoms with Crippen molar-refractivity contribution in [2.24, 2.45) is 0 Å². The first-order valence-electron chi connectivity index (χ1n) is 7.37. The van der Waals surface area contributed by atoms with E-state index >= 15 is 0 Å². The summed E-state index contributed by atoms with van der Waals surface area (Å²) in [6.45, 7) is 1.75. The van der Waals surface area contributed by atoms with Crippen LogP contribution in [0.1, 0.15) is 21.7 Å². The molecule has 4 nitrogen and oxygen atoms in total. The van der Waals surface area contributed by atoms with Gasteiger partial charge in [-0.15, -0.1) is 0 Å². The summed E-state index contributed by atoms with van der Waals surface area (Å²) in [6.07, 6.45) is 0. The van der Waals surface area contributed by atoms with Gasteiger partial charge < -0.3 is 9.67 Å². The number of benzene rings is 2. The summed E-state index contributed by atoms with van der Waals surface area (Å²) in [5.74, 6) is -1.20. The van der Waals surface area contributed by atoms with Gasteiger partial charge in [-0.3, -0.25) is 0 Å². The Morgan fingerprint density at radius 3 is 2.68 bits per heavy atom. The zero-order valence-corrected chi connectivity index (χ0v) is 14.6. The molecule has 25 heavy (non-hydrogen) atoms. The molecule has 0 aliphatic heterocycles. The van der Waals surface area contributed by atoms with E-state index in [1.54, 1.807) is 37.3 Å². The Labute approximate surface area is 153 Å². The number of nitrogens with zero attached hydrogens (tertiary/aromatic N) is 2. The second-order valence-electron chi connectivity index (χ2n) is 5.51. The molecule has 1 aromatic heterocycles. The standard InChI is InChI=1S/C18H13Cl2FN2O2/c1-10-16(18(24)25)23(9-12-7-13(19)5-6-15(12)20)17(22-10)11-3-2-4-14(21)8-11/h2-8H,9H2,1H3,(H,24,25). The fraction of sp³-hybridized carbons (Fsp3) is 0.111. The number of halogens is 3. The molecule has 0 spiro atoms. The van der Waals surface area contributed by atoms with Crippen LogP contribution in [0.5, 0.6) is 0 Å². The SMILES string of the molecule is Cc1nc(-c2cccc(F)c2)n(Cc2cc(Cl)ccc2Cl)c1C(=O)O. The van der Waals surface area contributed by atoms with Crippen molar-refractivity contribution in [1.82, 2.24) is 9.55 Å². The van der Waals surface area contributed by atoms with Gasteiger partial charge >= 0.3 is 5.97 Å². The van der Waals surface area contributed by atoms with Crippen LogP contribution in [-0.4, -0.2) is 20.6 Å². The number of hydrogen-bond acceptors (Lipinski definition) is 2. The molecule has 0 fully saturated rings. The van der Waals surface area contributed by atoms with Gasteiger partial charge in [0.05, 0.1) is 12.2 Å². The number of hydrogen-bond donors (Lipinski definition) is 1. The molecular formula is C18H13Cl2FN2O2. The largest absolute Gasteiger partial charge is 0.477 e. The van der Waals surface area contributed by atoms with E-state index in [0.29, 0.717) is 32.7 Å². The van der Waals surface area contributed by atoms with Crippen molar-refractivity contribution < 1.29 is 14.3 Å². The van der Waals surface area contributed by atoms with Gasteiger partial charge in [-0.1, -0.05) is 35.3 Å². The monoisotopic (exact) mass is 378 g/mol. The molecule has 0 saturated carbocycles. The first-order valence-corrected chi connectivity index (χ1v) is 8.12. The van der Waals surface area contributed by atoms with Crippen LogP contribution in [0.25, 0.3) is 11.4 Å². The van der Waals surface area contributed by atoms with Crippen molar-refractivity contribution in [1.29, 1.82) is 0 Å². The van der Waals surface area contributed by atoms with Crippen molar-refractivity contribution in [3.8, 4) is 11.4 Å². The topological polar surface area (TPSA) is 55.1 Å². The molecule has 7 heteroatoms. The quantitative estimate of drug-likeness (QED) is 0.690. The number of aromatic nitrogens is 2. The number of rotatable bonds is 4. The van der Waals surface area contributed by atoms with E-state index in [9.17, 15) is 14.3 Å². The van der Waals surface area contributed by atoms with E-state index in [0.717, 1.165) is 0 Å². The summed E-state index contributed by atoms with van der Waals surface area (Å²) in [6, 6.07) is 10.8. The second-order valence-corrected chi connectivity index (χ2v) is 6.35. The lowest BCUT2D eigenvalue weighted by Gasteiger charge is -2.12. The average Bonchev–Trinajstić information content (AvgIpc) is 2.87. The van der Waals surface area contributed by atoms with E-state index in [1.807, 2.05) is 0 Å². The summed E-state index contributed by atoms with van der Waals surface area (Å²) in [7, 11) is 0. The average molecular weight is 379 g/mol. The molecule has 3 rings (SSSR count). The molecule has 128 valence electrons. The van der Waals surface area contributed by atoms with Crippen LogP contribution in [0.15, 0.2) is 42.5 Å². The lowest BCUT2D eigenvalue weighted by molar-refractivity contribution is 0.0685. The third kappa shape index (κ3) is 3.52. The first-order chi connectivity index (χ1) is 11.9. The van der Waals surface area contributed by atoms with E-state index in [2.05, 4.69) is 4.98 Å². The van der Waals surface area contributed by atoms with Gasteiger partial charge in [0.2, 0.25) is 0 Å². The molecule has 0 amide bonds. The van der Waals surface area contributed by atoms with Crippen LogP contribution in [0.2, 0.25) is 10.0 Å². The molecule has 0 saturated heterocycles. The molecule has 0 atom stereocenters. The maximum atomic E-state index is 13.6. The van der Waals surface area contributed by atoms with Crippen LogP contribution in [0.4, 0.5) is 4.39 Å². The number of carboxylic acids is 1.